The zero-order chi connectivity index (χ0) is 14.7. The largest absolute Gasteiger partial charge is 0.381 e. The minimum absolute atomic E-state index is 0.0508. The number of hydrogen-bond donors (Lipinski definition) is 0. The second-order valence-corrected chi connectivity index (χ2v) is 6.93. The van der Waals surface area contributed by atoms with Gasteiger partial charge in [-0.3, -0.25) is 0 Å². The van der Waals surface area contributed by atoms with Gasteiger partial charge in [-0.2, -0.15) is 0 Å². The van der Waals surface area contributed by atoms with Gasteiger partial charge in [0.25, 0.3) is 0 Å². The maximum Gasteiger partial charge on any atom is 0.0598 e. The fourth-order valence-electron chi connectivity index (χ4n) is 1.05. The van der Waals surface area contributed by atoms with Gasteiger partial charge in [-0.1, -0.05) is 41.0 Å². The fourth-order valence-corrected chi connectivity index (χ4v) is 1.05. The highest BCUT2D eigenvalue weighted by Crippen LogP contribution is 2.12. The van der Waals surface area contributed by atoms with E-state index >= 15 is 0 Å². The van der Waals surface area contributed by atoms with E-state index in [0.717, 1.165) is 26.2 Å². The van der Waals surface area contributed by atoms with Crippen molar-refractivity contribution in [2.75, 3.05) is 19.8 Å². The average Bonchev–Trinajstić information content (AvgIpc) is 2.16. The first-order chi connectivity index (χ1) is 8.12. The number of unbranched alkanes of at least 4 members (excludes halogenated alkanes) is 1. The second kappa shape index (κ2) is 10.8. The molecule has 112 valence electrons. The molecular weight excluding hydrogens is 224 g/mol. The third-order valence-electron chi connectivity index (χ3n) is 1.92. The molecule has 0 fully saturated rings. The standard InChI is InChI=1S/2C8H18O/c1-5-6-9-7-8(2,3)4;1-5-6-7-9-8(2,3)4/h2*5-7H2,1-4H3. The third kappa shape index (κ3) is 24.9. The highest BCUT2D eigenvalue weighted by atomic mass is 16.5. The van der Waals surface area contributed by atoms with Gasteiger partial charge >= 0.3 is 0 Å². The van der Waals surface area contributed by atoms with Gasteiger partial charge in [0.1, 0.15) is 0 Å². The molecule has 0 atom stereocenters. The van der Waals surface area contributed by atoms with Gasteiger partial charge < -0.3 is 9.47 Å². The van der Waals surface area contributed by atoms with E-state index in [1.807, 2.05) is 0 Å². The Balaban J connectivity index is 0. The van der Waals surface area contributed by atoms with Crippen LogP contribution in [-0.2, 0) is 9.47 Å². The van der Waals surface area contributed by atoms with Crippen molar-refractivity contribution in [3.63, 3.8) is 0 Å². The van der Waals surface area contributed by atoms with Gasteiger partial charge in [-0.05, 0) is 39.0 Å². The van der Waals surface area contributed by atoms with Crippen molar-refractivity contribution in [1.29, 1.82) is 0 Å². The molecule has 0 bridgehead atoms. The zero-order valence-corrected chi connectivity index (χ0v) is 14.1. The SMILES string of the molecule is CCCCOC(C)(C)C.CCCOCC(C)(C)C. The predicted octanol–water partition coefficient (Wildman–Crippen LogP) is 5.06. The molecule has 0 radical (unpaired) electrons. The van der Waals surface area contributed by atoms with Crippen molar-refractivity contribution in [3.8, 4) is 0 Å². The topological polar surface area (TPSA) is 18.5 Å². The summed E-state index contributed by atoms with van der Waals surface area (Å²) < 4.78 is 10.8. The lowest BCUT2D eigenvalue weighted by atomic mass is 9.99. The van der Waals surface area contributed by atoms with Crippen LogP contribution in [0.1, 0.15) is 74.7 Å². The van der Waals surface area contributed by atoms with Crippen LogP contribution >= 0.6 is 0 Å². The lowest BCUT2D eigenvalue weighted by Crippen LogP contribution is -2.19. The van der Waals surface area contributed by atoms with Crippen LogP contribution < -0.4 is 0 Å². The van der Waals surface area contributed by atoms with Gasteiger partial charge in [0.2, 0.25) is 0 Å². The summed E-state index contributed by atoms with van der Waals surface area (Å²) in [6.07, 6.45) is 3.52. The van der Waals surface area contributed by atoms with Gasteiger partial charge in [-0.15, -0.1) is 0 Å². The van der Waals surface area contributed by atoms with Crippen molar-refractivity contribution in [2.24, 2.45) is 5.41 Å². The van der Waals surface area contributed by atoms with E-state index in [-0.39, 0.29) is 5.60 Å². The Kier molecular flexibility index (Phi) is 12.2. The lowest BCUT2D eigenvalue weighted by Gasteiger charge is -2.18. The smallest absolute Gasteiger partial charge is 0.0598 e. The highest BCUT2D eigenvalue weighted by molar-refractivity contribution is 4.58. The summed E-state index contributed by atoms with van der Waals surface area (Å²) in [5.74, 6) is 0. The lowest BCUT2D eigenvalue weighted by molar-refractivity contribution is -0.00415. The Morgan fingerprint density at radius 3 is 1.67 bits per heavy atom. The molecule has 0 aromatic rings. The Morgan fingerprint density at radius 1 is 0.778 bits per heavy atom. The molecule has 0 rings (SSSR count). The monoisotopic (exact) mass is 260 g/mol. The van der Waals surface area contributed by atoms with Crippen LogP contribution in [0.2, 0.25) is 0 Å². The molecule has 0 aromatic carbocycles. The summed E-state index contributed by atoms with van der Waals surface area (Å²) in [5.41, 5.74) is 0.379. The summed E-state index contributed by atoms with van der Waals surface area (Å²) >= 11 is 0. The molecule has 0 aliphatic carbocycles. The van der Waals surface area contributed by atoms with Crippen LogP contribution in [0.25, 0.3) is 0 Å². The number of ether oxygens (including phenoxy) is 2. The van der Waals surface area contributed by atoms with Crippen molar-refractivity contribution >= 4 is 0 Å². The molecule has 0 heterocycles. The molecule has 18 heavy (non-hydrogen) atoms. The van der Waals surface area contributed by atoms with Crippen LogP contribution in [0.3, 0.4) is 0 Å². The molecule has 0 unspecified atom stereocenters. The Bertz CT molecular complexity index is 143. The molecule has 0 amide bonds. The zero-order valence-electron chi connectivity index (χ0n) is 14.1. The van der Waals surface area contributed by atoms with Crippen molar-refractivity contribution in [2.45, 2.75) is 80.3 Å². The third-order valence-corrected chi connectivity index (χ3v) is 1.92. The maximum atomic E-state index is 5.47. The predicted molar refractivity (Wildman–Crippen MR) is 81.2 cm³/mol. The van der Waals surface area contributed by atoms with E-state index < -0.39 is 0 Å². The molecule has 2 nitrogen and oxygen atoms in total. The minimum atomic E-state index is 0.0508. The van der Waals surface area contributed by atoms with Gasteiger partial charge in [-0.25, -0.2) is 0 Å². The molecule has 0 aliphatic heterocycles. The second-order valence-electron chi connectivity index (χ2n) is 6.93. The summed E-state index contributed by atoms with van der Waals surface area (Å²) in [6, 6.07) is 0. The Hall–Kier alpha value is -0.0800. The van der Waals surface area contributed by atoms with Crippen molar-refractivity contribution in [1.82, 2.24) is 0 Å². The van der Waals surface area contributed by atoms with Crippen LogP contribution in [-0.4, -0.2) is 25.4 Å². The van der Waals surface area contributed by atoms with Gasteiger partial charge in [0, 0.05) is 13.2 Å². The number of rotatable bonds is 6. The minimum Gasteiger partial charge on any atom is -0.381 e. The van der Waals surface area contributed by atoms with E-state index in [0.29, 0.717) is 5.41 Å². The quantitative estimate of drug-likeness (QED) is 0.621. The van der Waals surface area contributed by atoms with Crippen LogP contribution in [0.5, 0.6) is 0 Å². The van der Waals surface area contributed by atoms with Crippen molar-refractivity contribution in [3.05, 3.63) is 0 Å². The normalized spacial score (nSPS) is 12.0. The fraction of sp³-hybridized carbons (Fsp3) is 1.00. The van der Waals surface area contributed by atoms with E-state index in [1.54, 1.807) is 0 Å². The molecule has 0 N–H and O–H groups in total. The van der Waals surface area contributed by atoms with Crippen LogP contribution in [0.15, 0.2) is 0 Å². The van der Waals surface area contributed by atoms with E-state index in [2.05, 4.69) is 55.4 Å². The van der Waals surface area contributed by atoms with Gasteiger partial charge in [0.05, 0.1) is 12.2 Å². The first-order valence-electron chi connectivity index (χ1n) is 7.34. The summed E-state index contributed by atoms with van der Waals surface area (Å²) in [6.45, 7) is 19.8. The Labute approximate surface area is 115 Å². The molecule has 0 saturated carbocycles. The van der Waals surface area contributed by atoms with E-state index in [9.17, 15) is 0 Å². The average molecular weight is 260 g/mol. The maximum absolute atomic E-state index is 5.47. The van der Waals surface area contributed by atoms with E-state index in [4.69, 9.17) is 9.47 Å². The molecule has 0 saturated heterocycles. The first kappa shape index (κ1) is 20.2. The molecule has 0 aromatic heterocycles. The first-order valence-corrected chi connectivity index (χ1v) is 7.34. The van der Waals surface area contributed by atoms with Crippen LogP contribution in [0, 0.1) is 5.41 Å². The molecular formula is C16H36O2. The number of hydrogen-bond acceptors (Lipinski definition) is 2. The van der Waals surface area contributed by atoms with Crippen LogP contribution in [0.4, 0.5) is 0 Å². The van der Waals surface area contributed by atoms with Gasteiger partial charge in [0.15, 0.2) is 0 Å². The van der Waals surface area contributed by atoms with Crippen molar-refractivity contribution < 1.29 is 9.47 Å². The highest BCUT2D eigenvalue weighted by Gasteiger charge is 2.08. The molecule has 2 heteroatoms. The van der Waals surface area contributed by atoms with E-state index in [1.165, 1.54) is 12.8 Å². The molecule has 0 spiro atoms. The molecule has 0 aliphatic rings. The summed E-state index contributed by atoms with van der Waals surface area (Å²) in [4.78, 5) is 0. The summed E-state index contributed by atoms with van der Waals surface area (Å²) in [7, 11) is 0. The Morgan fingerprint density at radius 2 is 1.33 bits per heavy atom. The summed E-state index contributed by atoms with van der Waals surface area (Å²) in [5, 5.41) is 0.